The fourth-order valence-electron chi connectivity index (χ4n) is 2.09. The summed E-state index contributed by atoms with van der Waals surface area (Å²) in [5, 5.41) is 8.67. The highest BCUT2D eigenvalue weighted by Gasteiger charge is 2.43. The third-order valence-electron chi connectivity index (χ3n) is 2.88. The molecule has 0 radical (unpaired) electrons. The van der Waals surface area contributed by atoms with Gasteiger partial charge in [-0.05, 0) is 12.3 Å². The van der Waals surface area contributed by atoms with Crippen LogP contribution in [0.3, 0.4) is 0 Å². The van der Waals surface area contributed by atoms with Gasteiger partial charge >= 0.3 is 6.09 Å². The Morgan fingerprint density at radius 2 is 2.33 bits per heavy atom. The maximum atomic E-state index is 11.0. The fourth-order valence-corrected chi connectivity index (χ4v) is 2.09. The Kier molecular flexibility index (Phi) is 1.56. The molecule has 2 rings (SSSR count). The Hall–Kier alpha value is -1.06. The summed E-state index contributed by atoms with van der Waals surface area (Å²) in [7, 11) is 0. The van der Waals surface area contributed by atoms with Crippen LogP contribution in [0.1, 0.15) is 12.8 Å². The molecule has 1 aliphatic heterocycles. The number of rotatable bonds is 0. The van der Waals surface area contributed by atoms with E-state index in [1.807, 2.05) is 0 Å². The van der Waals surface area contributed by atoms with Gasteiger partial charge in [-0.2, -0.15) is 0 Å². The van der Waals surface area contributed by atoms with E-state index in [4.69, 9.17) is 5.11 Å². The summed E-state index contributed by atoms with van der Waals surface area (Å²) >= 11 is 0. The largest absolute Gasteiger partial charge is 0.465 e. The van der Waals surface area contributed by atoms with Gasteiger partial charge in [-0.15, -0.1) is 0 Å². The zero-order chi connectivity index (χ0) is 8.72. The standard InChI is InChI=1S/C8H11NO3/c10-7-3-5-4-9(8(11)12)2-1-6(5)7/h5-6H,1-4H2,(H,11,12). The Labute approximate surface area is 70.2 Å². The van der Waals surface area contributed by atoms with Gasteiger partial charge in [0.15, 0.2) is 0 Å². The number of likely N-dealkylation sites (tertiary alicyclic amines) is 1. The monoisotopic (exact) mass is 169 g/mol. The fraction of sp³-hybridized carbons (Fsp3) is 0.750. The van der Waals surface area contributed by atoms with Crippen molar-refractivity contribution in [1.82, 2.24) is 4.90 Å². The minimum Gasteiger partial charge on any atom is -0.465 e. The highest BCUT2D eigenvalue weighted by molar-refractivity contribution is 5.88. The third-order valence-corrected chi connectivity index (χ3v) is 2.88. The maximum Gasteiger partial charge on any atom is 0.407 e. The predicted molar refractivity (Wildman–Crippen MR) is 40.8 cm³/mol. The molecule has 4 nitrogen and oxygen atoms in total. The normalized spacial score (nSPS) is 34.0. The molecular formula is C8H11NO3. The number of hydrogen-bond donors (Lipinski definition) is 1. The summed E-state index contributed by atoms with van der Waals surface area (Å²) in [4.78, 5) is 22.9. The van der Waals surface area contributed by atoms with Crippen molar-refractivity contribution in [3.63, 3.8) is 0 Å². The highest BCUT2D eigenvalue weighted by Crippen LogP contribution is 2.37. The molecule has 0 bridgehead atoms. The molecule has 1 aliphatic carbocycles. The molecule has 4 heteroatoms. The first-order valence-electron chi connectivity index (χ1n) is 4.19. The van der Waals surface area contributed by atoms with Crippen molar-refractivity contribution in [3.05, 3.63) is 0 Å². The second-order valence-corrected chi connectivity index (χ2v) is 3.55. The van der Waals surface area contributed by atoms with E-state index in [-0.39, 0.29) is 5.92 Å². The van der Waals surface area contributed by atoms with Crippen LogP contribution in [0.4, 0.5) is 4.79 Å². The number of amides is 1. The lowest BCUT2D eigenvalue weighted by molar-refractivity contribution is -0.137. The molecule has 1 heterocycles. The maximum absolute atomic E-state index is 11.0. The van der Waals surface area contributed by atoms with Crippen LogP contribution in [0.15, 0.2) is 0 Å². The van der Waals surface area contributed by atoms with E-state index < -0.39 is 6.09 Å². The zero-order valence-corrected chi connectivity index (χ0v) is 6.69. The summed E-state index contributed by atoms with van der Waals surface area (Å²) in [5.41, 5.74) is 0. The quantitative estimate of drug-likeness (QED) is 0.577. The lowest BCUT2D eigenvalue weighted by Gasteiger charge is -2.42. The smallest absolute Gasteiger partial charge is 0.407 e. The van der Waals surface area contributed by atoms with Gasteiger partial charge in [-0.25, -0.2) is 4.79 Å². The van der Waals surface area contributed by atoms with E-state index in [9.17, 15) is 9.59 Å². The SMILES string of the molecule is O=C1CC2CN(C(=O)O)CCC12. The van der Waals surface area contributed by atoms with Crippen molar-refractivity contribution in [2.45, 2.75) is 12.8 Å². The Morgan fingerprint density at radius 1 is 1.58 bits per heavy atom. The zero-order valence-electron chi connectivity index (χ0n) is 6.69. The van der Waals surface area contributed by atoms with E-state index in [0.29, 0.717) is 31.2 Å². The number of nitrogens with zero attached hydrogens (tertiary/aromatic N) is 1. The van der Waals surface area contributed by atoms with Crippen LogP contribution in [-0.2, 0) is 4.79 Å². The van der Waals surface area contributed by atoms with E-state index in [1.54, 1.807) is 0 Å². The second-order valence-electron chi connectivity index (χ2n) is 3.55. The number of piperidine rings is 1. The lowest BCUT2D eigenvalue weighted by atomic mass is 9.68. The second kappa shape index (κ2) is 2.47. The molecule has 66 valence electrons. The van der Waals surface area contributed by atoms with Gasteiger partial charge < -0.3 is 10.0 Å². The number of Topliss-reactive ketones (excluding diaryl/α,β-unsaturated/α-hetero) is 1. The lowest BCUT2D eigenvalue weighted by Crippen LogP contribution is -2.51. The van der Waals surface area contributed by atoms with Gasteiger partial charge in [0.1, 0.15) is 5.78 Å². The van der Waals surface area contributed by atoms with Crippen molar-refractivity contribution in [2.75, 3.05) is 13.1 Å². The van der Waals surface area contributed by atoms with Gasteiger partial charge in [-0.1, -0.05) is 0 Å². The van der Waals surface area contributed by atoms with Gasteiger partial charge in [0.05, 0.1) is 0 Å². The molecule has 1 N–H and O–H groups in total. The van der Waals surface area contributed by atoms with Crippen molar-refractivity contribution in [3.8, 4) is 0 Å². The molecule has 1 amide bonds. The van der Waals surface area contributed by atoms with Crippen molar-refractivity contribution in [1.29, 1.82) is 0 Å². The van der Waals surface area contributed by atoms with Crippen LogP contribution >= 0.6 is 0 Å². The molecule has 2 fully saturated rings. The Morgan fingerprint density at radius 3 is 2.83 bits per heavy atom. The molecule has 2 unspecified atom stereocenters. The first-order chi connectivity index (χ1) is 5.68. The van der Waals surface area contributed by atoms with Crippen LogP contribution in [0.2, 0.25) is 0 Å². The van der Waals surface area contributed by atoms with Crippen molar-refractivity contribution >= 4 is 11.9 Å². The molecule has 12 heavy (non-hydrogen) atoms. The van der Waals surface area contributed by atoms with Gasteiger partial charge in [0, 0.05) is 25.4 Å². The van der Waals surface area contributed by atoms with Crippen LogP contribution in [0, 0.1) is 11.8 Å². The van der Waals surface area contributed by atoms with E-state index >= 15 is 0 Å². The van der Waals surface area contributed by atoms with Gasteiger partial charge in [0.2, 0.25) is 0 Å². The van der Waals surface area contributed by atoms with E-state index in [2.05, 4.69) is 0 Å². The van der Waals surface area contributed by atoms with Crippen molar-refractivity contribution in [2.24, 2.45) is 11.8 Å². The van der Waals surface area contributed by atoms with Crippen LogP contribution in [0.5, 0.6) is 0 Å². The summed E-state index contributed by atoms with van der Waals surface area (Å²) in [6, 6.07) is 0. The molecule has 0 aromatic heterocycles. The molecule has 0 spiro atoms. The molecule has 0 aromatic rings. The summed E-state index contributed by atoms with van der Waals surface area (Å²) < 4.78 is 0. The van der Waals surface area contributed by atoms with Crippen LogP contribution in [-0.4, -0.2) is 35.0 Å². The van der Waals surface area contributed by atoms with Crippen molar-refractivity contribution < 1.29 is 14.7 Å². The summed E-state index contributed by atoms with van der Waals surface area (Å²) in [6.07, 6.45) is 0.470. The Bertz CT molecular complexity index is 238. The first-order valence-corrected chi connectivity index (χ1v) is 4.19. The molecule has 1 saturated carbocycles. The summed E-state index contributed by atoms with van der Waals surface area (Å²) in [6.45, 7) is 1.09. The predicted octanol–water partition coefficient (Wildman–Crippen LogP) is 0.575. The van der Waals surface area contributed by atoms with Crippen LogP contribution < -0.4 is 0 Å². The average molecular weight is 169 g/mol. The third kappa shape index (κ3) is 0.983. The molecule has 0 aromatic carbocycles. The molecule has 2 atom stereocenters. The number of carbonyl (C=O) groups is 2. The number of hydrogen-bond acceptors (Lipinski definition) is 2. The van der Waals surface area contributed by atoms with E-state index in [1.165, 1.54) is 4.90 Å². The summed E-state index contributed by atoms with van der Waals surface area (Å²) in [5.74, 6) is 0.827. The molecule has 1 saturated heterocycles. The number of carbonyl (C=O) groups excluding carboxylic acids is 1. The Balaban J connectivity index is 1.97. The van der Waals surface area contributed by atoms with Gasteiger partial charge in [-0.3, -0.25) is 4.79 Å². The first kappa shape index (κ1) is 7.58. The molecular weight excluding hydrogens is 158 g/mol. The topological polar surface area (TPSA) is 57.6 Å². The average Bonchev–Trinajstić information content (AvgIpc) is 2.01. The minimum atomic E-state index is -0.854. The molecule has 2 aliphatic rings. The number of ketones is 1. The van der Waals surface area contributed by atoms with Gasteiger partial charge in [0.25, 0.3) is 0 Å². The number of fused-ring (bicyclic) bond motifs is 1. The van der Waals surface area contributed by atoms with E-state index in [0.717, 1.165) is 6.42 Å². The van der Waals surface area contributed by atoms with Crippen LogP contribution in [0.25, 0.3) is 0 Å². The minimum absolute atomic E-state index is 0.181. The highest BCUT2D eigenvalue weighted by atomic mass is 16.4. The number of carboxylic acid groups (broad SMARTS) is 1.